The first kappa shape index (κ1) is 14.4. The fraction of sp³-hybridized carbons (Fsp3) is 0.278. The summed E-state index contributed by atoms with van der Waals surface area (Å²) in [7, 11) is 1.67. The van der Waals surface area contributed by atoms with Crippen molar-refractivity contribution in [3.63, 3.8) is 0 Å². The van der Waals surface area contributed by atoms with Crippen molar-refractivity contribution in [1.29, 1.82) is 0 Å². The quantitative estimate of drug-likeness (QED) is 0.850. The highest BCUT2D eigenvalue weighted by molar-refractivity contribution is 5.96. The molecule has 22 heavy (non-hydrogen) atoms. The van der Waals surface area contributed by atoms with Gasteiger partial charge in [-0.25, -0.2) is 0 Å². The molecule has 0 aliphatic carbocycles. The monoisotopic (exact) mass is 296 g/mol. The van der Waals surface area contributed by atoms with Crippen LogP contribution < -0.4 is 4.74 Å². The van der Waals surface area contributed by atoms with E-state index in [2.05, 4.69) is 17.7 Å². The van der Waals surface area contributed by atoms with Gasteiger partial charge in [-0.2, -0.15) is 0 Å². The zero-order chi connectivity index (χ0) is 16.0. The summed E-state index contributed by atoms with van der Waals surface area (Å²) in [5.41, 5.74) is 4.91. The van der Waals surface area contributed by atoms with Gasteiger partial charge in [0.15, 0.2) is 0 Å². The normalized spacial score (nSPS) is 14.1. The van der Waals surface area contributed by atoms with E-state index in [0.717, 1.165) is 40.2 Å². The number of benzene rings is 1. The number of carbonyl (C=O) groups is 1. The van der Waals surface area contributed by atoms with Crippen LogP contribution in [0.4, 0.5) is 0 Å². The molecule has 1 aliphatic heterocycles. The minimum absolute atomic E-state index is 0.0201. The summed E-state index contributed by atoms with van der Waals surface area (Å²) in [6.45, 7) is 12.4. The molecule has 0 N–H and O–H groups in total. The minimum atomic E-state index is 0.0201. The second kappa shape index (κ2) is 5.05. The summed E-state index contributed by atoms with van der Waals surface area (Å²) in [5.74, 6) is 0.848. The molecule has 4 nitrogen and oxygen atoms in total. The second-order valence-corrected chi connectivity index (χ2v) is 5.65. The number of hydrogen-bond donors (Lipinski definition) is 0. The number of amides is 1. The van der Waals surface area contributed by atoms with Crippen LogP contribution in [0.3, 0.4) is 0 Å². The topological polar surface area (TPSA) is 34.5 Å². The van der Waals surface area contributed by atoms with Gasteiger partial charge in [-0.3, -0.25) is 4.79 Å². The summed E-state index contributed by atoms with van der Waals surface area (Å²) in [6, 6.07) is 6.02. The van der Waals surface area contributed by atoms with Crippen molar-refractivity contribution in [3.05, 3.63) is 42.6 Å². The third-order valence-corrected chi connectivity index (χ3v) is 4.23. The molecule has 0 atom stereocenters. The van der Waals surface area contributed by atoms with Crippen molar-refractivity contribution in [3.8, 4) is 5.75 Å². The van der Waals surface area contributed by atoms with Crippen molar-refractivity contribution in [2.24, 2.45) is 0 Å². The molecule has 2 heterocycles. The smallest absolute Gasteiger partial charge is 0.223 e. The zero-order valence-electron chi connectivity index (χ0n) is 13.3. The Morgan fingerprint density at radius 1 is 1.32 bits per heavy atom. The highest BCUT2D eigenvalue weighted by atomic mass is 16.5. The van der Waals surface area contributed by atoms with E-state index in [1.165, 1.54) is 5.56 Å². The van der Waals surface area contributed by atoms with E-state index in [0.29, 0.717) is 6.54 Å². The van der Waals surface area contributed by atoms with Crippen LogP contribution in [0.25, 0.3) is 22.3 Å². The summed E-state index contributed by atoms with van der Waals surface area (Å²) >= 11 is 0. The Morgan fingerprint density at radius 2 is 2.05 bits per heavy atom. The van der Waals surface area contributed by atoms with Crippen molar-refractivity contribution in [1.82, 2.24) is 9.47 Å². The van der Waals surface area contributed by atoms with Gasteiger partial charge in [-0.1, -0.05) is 13.2 Å². The van der Waals surface area contributed by atoms with Crippen LogP contribution in [-0.4, -0.2) is 29.0 Å². The minimum Gasteiger partial charge on any atom is -0.497 e. The lowest BCUT2D eigenvalue weighted by Gasteiger charge is -2.29. The van der Waals surface area contributed by atoms with E-state index in [1.54, 1.807) is 18.9 Å². The fourth-order valence-corrected chi connectivity index (χ4v) is 3.25. The van der Waals surface area contributed by atoms with Crippen LogP contribution >= 0.6 is 0 Å². The molecule has 1 aromatic carbocycles. The van der Waals surface area contributed by atoms with Crippen molar-refractivity contribution >= 4 is 28.2 Å². The number of hydrogen-bond acceptors (Lipinski definition) is 2. The van der Waals surface area contributed by atoms with Crippen LogP contribution in [0.15, 0.2) is 31.4 Å². The number of rotatable bonds is 2. The Labute approximate surface area is 130 Å². The van der Waals surface area contributed by atoms with Gasteiger partial charge >= 0.3 is 0 Å². The Kier molecular flexibility index (Phi) is 3.32. The standard InChI is InChI=1S/C18H20N2O2/c1-11(2)20-17-7-6-14(22-5)10-16(17)15-8-9-19(13(4)21)12(3)18(15)20/h6-7,10H,1,3,8-9H2,2,4-5H3. The number of allylic oxidation sites excluding steroid dienone is 1. The molecule has 1 aromatic heterocycles. The summed E-state index contributed by atoms with van der Waals surface area (Å²) in [5, 5.41) is 1.14. The van der Waals surface area contributed by atoms with Crippen LogP contribution in [0.5, 0.6) is 5.75 Å². The van der Waals surface area contributed by atoms with Gasteiger partial charge in [0.1, 0.15) is 5.75 Å². The van der Waals surface area contributed by atoms with E-state index >= 15 is 0 Å². The molecule has 0 fully saturated rings. The number of carbonyl (C=O) groups excluding carboxylic acids is 1. The molecule has 0 bridgehead atoms. The van der Waals surface area contributed by atoms with Crippen LogP contribution in [0.1, 0.15) is 25.1 Å². The molecule has 2 aromatic rings. The van der Waals surface area contributed by atoms with Crippen LogP contribution in [0, 0.1) is 0 Å². The average Bonchev–Trinajstić information content (AvgIpc) is 2.81. The lowest BCUT2D eigenvalue weighted by Crippen LogP contribution is -2.33. The van der Waals surface area contributed by atoms with E-state index in [9.17, 15) is 4.79 Å². The zero-order valence-corrected chi connectivity index (χ0v) is 13.3. The SMILES string of the molecule is C=C1c2c(c3cc(OC)ccc3n2C(=C)C)CCN1C(C)=O. The second-order valence-electron chi connectivity index (χ2n) is 5.65. The highest BCUT2D eigenvalue weighted by Gasteiger charge is 2.29. The molecule has 114 valence electrons. The number of ether oxygens (including phenoxy) is 1. The maximum Gasteiger partial charge on any atom is 0.223 e. The first-order valence-electron chi connectivity index (χ1n) is 7.30. The van der Waals surface area contributed by atoms with E-state index in [1.807, 2.05) is 25.1 Å². The van der Waals surface area contributed by atoms with E-state index < -0.39 is 0 Å². The molecular formula is C18H20N2O2. The van der Waals surface area contributed by atoms with Gasteiger partial charge < -0.3 is 14.2 Å². The maximum absolute atomic E-state index is 11.8. The number of methoxy groups -OCH3 is 1. The Bertz CT molecular complexity index is 814. The molecule has 0 radical (unpaired) electrons. The van der Waals surface area contributed by atoms with Crippen molar-refractivity contribution in [2.75, 3.05) is 13.7 Å². The molecule has 1 amide bonds. The Hall–Kier alpha value is -2.49. The summed E-state index contributed by atoms with van der Waals surface area (Å²) in [4.78, 5) is 13.6. The largest absolute Gasteiger partial charge is 0.497 e. The molecule has 3 rings (SSSR count). The predicted octanol–water partition coefficient (Wildman–Crippen LogP) is 3.52. The van der Waals surface area contributed by atoms with Gasteiger partial charge in [-0.05, 0) is 37.1 Å². The summed E-state index contributed by atoms with van der Waals surface area (Å²) < 4.78 is 7.44. The molecular weight excluding hydrogens is 276 g/mol. The van der Waals surface area contributed by atoms with Crippen LogP contribution in [0.2, 0.25) is 0 Å². The van der Waals surface area contributed by atoms with E-state index in [4.69, 9.17) is 4.74 Å². The van der Waals surface area contributed by atoms with Gasteiger partial charge in [0.05, 0.1) is 24.0 Å². The molecule has 4 heteroatoms. The lowest BCUT2D eigenvalue weighted by atomic mass is 10.0. The van der Waals surface area contributed by atoms with Gasteiger partial charge in [0, 0.05) is 24.6 Å². The lowest BCUT2D eigenvalue weighted by molar-refractivity contribution is -0.125. The predicted molar refractivity (Wildman–Crippen MR) is 89.6 cm³/mol. The summed E-state index contributed by atoms with van der Waals surface area (Å²) in [6.07, 6.45) is 0.803. The molecule has 0 unspecified atom stereocenters. The van der Waals surface area contributed by atoms with Gasteiger partial charge in [0.2, 0.25) is 5.91 Å². The Balaban J connectivity index is 2.34. The maximum atomic E-state index is 11.8. The first-order valence-corrected chi connectivity index (χ1v) is 7.30. The van der Waals surface area contributed by atoms with E-state index in [-0.39, 0.29) is 5.91 Å². The number of aromatic nitrogens is 1. The number of nitrogens with zero attached hydrogens (tertiary/aromatic N) is 2. The molecule has 0 saturated heterocycles. The van der Waals surface area contributed by atoms with Gasteiger partial charge in [-0.15, -0.1) is 0 Å². The van der Waals surface area contributed by atoms with Gasteiger partial charge in [0.25, 0.3) is 0 Å². The molecule has 1 aliphatic rings. The number of fused-ring (bicyclic) bond motifs is 3. The van der Waals surface area contributed by atoms with Crippen molar-refractivity contribution < 1.29 is 9.53 Å². The third kappa shape index (κ3) is 1.95. The molecule has 0 spiro atoms. The fourth-order valence-electron chi connectivity index (χ4n) is 3.25. The first-order chi connectivity index (χ1) is 10.5. The Morgan fingerprint density at radius 3 is 2.64 bits per heavy atom. The highest BCUT2D eigenvalue weighted by Crippen LogP contribution is 2.38. The van der Waals surface area contributed by atoms with Crippen molar-refractivity contribution in [2.45, 2.75) is 20.3 Å². The average molecular weight is 296 g/mol. The molecule has 0 saturated carbocycles. The third-order valence-electron chi connectivity index (χ3n) is 4.23. The van der Waals surface area contributed by atoms with Crippen LogP contribution in [-0.2, 0) is 11.2 Å².